The Morgan fingerprint density at radius 2 is 1.89 bits per heavy atom. The minimum absolute atomic E-state index is 0.0779. The van der Waals surface area contributed by atoms with Crippen LogP contribution in [0.3, 0.4) is 0 Å². The van der Waals surface area contributed by atoms with Crippen molar-refractivity contribution in [1.82, 2.24) is 19.7 Å². The van der Waals surface area contributed by atoms with E-state index in [2.05, 4.69) is 10.1 Å². The van der Waals surface area contributed by atoms with E-state index < -0.39 is 49.0 Å². The Labute approximate surface area is 224 Å². The summed E-state index contributed by atoms with van der Waals surface area (Å²) in [6.45, 7) is 0.267. The van der Waals surface area contributed by atoms with E-state index in [1.165, 1.54) is 64.7 Å². The summed E-state index contributed by atoms with van der Waals surface area (Å²) in [5.41, 5.74) is 0.365. The zero-order valence-corrected chi connectivity index (χ0v) is 21.1. The maximum Gasteiger partial charge on any atom is 0.340 e. The van der Waals surface area contributed by atoms with Crippen LogP contribution >= 0.6 is 23.2 Å². The van der Waals surface area contributed by atoms with E-state index in [1.54, 1.807) is 6.92 Å². The van der Waals surface area contributed by atoms with Crippen LogP contribution < -0.4 is 4.74 Å². The molecule has 1 fully saturated rings. The molecule has 202 valence electrons. The van der Waals surface area contributed by atoms with Crippen LogP contribution in [-0.4, -0.2) is 62.6 Å². The number of hydrogen-bond acceptors (Lipinski definition) is 6. The number of alkyl halides is 4. The molecule has 2 heterocycles. The molecule has 1 aliphatic rings. The normalized spacial score (nSPS) is 19.9. The molecule has 1 amide bonds. The minimum Gasteiger partial charge on any atom is -0.487 e. The molecule has 4 rings (SSSR count). The van der Waals surface area contributed by atoms with Crippen molar-refractivity contribution in [3.8, 4) is 5.75 Å². The Hall–Kier alpha value is -3.38. The van der Waals surface area contributed by atoms with Crippen LogP contribution in [0.4, 0.5) is 17.6 Å². The molecular formula is C24H20Cl2F4N4O4. The van der Waals surface area contributed by atoms with E-state index in [9.17, 15) is 27.2 Å². The summed E-state index contributed by atoms with van der Waals surface area (Å²) in [5.74, 6) is -5.81. The summed E-state index contributed by atoms with van der Waals surface area (Å²) in [7, 11) is 0. The molecule has 38 heavy (non-hydrogen) atoms. The van der Waals surface area contributed by atoms with Gasteiger partial charge >= 0.3 is 18.3 Å². The fourth-order valence-corrected chi connectivity index (χ4v) is 4.44. The maximum atomic E-state index is 13.7. The van der Waals surface area contributed by atoms with E-state index in [4.69, 9.17) is 32.7 Å². The monoisotopic (exact) mass is 574 g/mol. The van der Waals surface area contributed by atoms with Crippen molar-refractivity contribution >= 4 is 35.1 Å². The molecule has 0 radical (unpaired) electrons. The van der Waals surface area contributed by atoms with Gasteiger partial charge in [-0.2, -0.15) is 13.9 Å². The summed E-state index contributed by atoms with van der Waals surface area (Å²) in [6, 6.07) is 7.50. The highest BCUT2D eigenvalue weighted by molar-refractivity contribution is 6.35. The van der Waals surface area contributed by atoms with Crippen LogP contribution in [0.15, 0.2) is 55.1 Å². The van der Waals surface area contributed by atoms with Gasteiger partial charge in [0, 0.05) is 21.2 Å². The van der Waals surface area contributed by atoms with Gasteiger partial charge < -0.3 is 14.4 Å². The van der Waals surface area contributed by atoms with E-state index in [-0.39, 0.29) is 28.4 Å². The first-order chi connectivity index (χ1) is 18.0. The molecular weight excluding hydrogens is 555 g/mol. The van der Waals surface area contributed by atoms with Gasteiger partial charge in [-0.1, -0.05) is 29.3 Å². The van der Waals surface area contributed by atoms with Crippen molar-refractivity contribution in [2.45, 2.75) is 44.0 Å². The summed E-state index contributed by atoms with van der Waals surface area (Å²) in [5, 5.41) is 4.48. The second-order valence-corrected chi connectivity index (χ2v) is 9.33. The SMILES string of the molecule is CC1C(Cn2cncn2)OC(=O)C(c2ccc(Cl)cc2Cl)N1C(=O)c1ccc(OCC(F)(F)C(F)F)cc1. The van der Waals surface area contributed by atoms with E-state index >= 15 is 0 Å². The zero-order chi connectivity index (χ0) is 27.6. The summed E-state index contributed by atoms with van der Waals surface area (Å²) < 4.78 is 63.1. The standard InChI is InChI=1S/C24H20Cl2F4N4O4/c1-13-19(9-33-12-31-11-32-33)38-22(36)20(17-7-4-15(25)8-18(17)26)34(13)21(35)14-2-5-16(6-3-14)37-10-24(29,30)23(27)28/h2-8,11-13,19-20,23H,9-10H2,1H3. The van der Waals surface area contributed by atoms with Crippen molar-refractivity contribution in [3.05, 3.63) is 76.3 Å². The fraction of sp³-hybridized carbons (Fsp3) is 0.333. The highest BCUT2D eigenvalue weighted by Crippen LogP contribution is 2.37. The molecule has 1 aliphatic heterocycles. The number of ether oxygens (including phenoxy) is 2. The number of nitrogens with zero attached hydrogens (tertiary/aromatic N) is 4. The lowest BCUT2D eigenvalue weighted by molar-refractivity contribution is -0.171. The number of carbonyl (C=O) groups excluding carboxylic acids is 2. The van der Waals surface area contributed by atoms with Crippen molar-refractivity contribution < 1.29 is 36.6 Å². The number of benzene rings is 2. The van der Waals surface area contributed by atoms with Gasteiger partial charge in [0.15, 0.2) is 12.6 Å². The molecule has 3 aromatic rings. The van der Waals surface area contributed by atoms with Gasteiger partial charge in [-0.05, 0) is 43.3 Å². The highest BCUT2D eigenvalue weighted by atomic mass is 35.5. The number of halogens is 6. The molecule has 0 spiro atoms. The van der Waals surface area contributed by atoms with Gasteiger partial charge in [0.1, 0.15) is 24.5 Å². The van der Waals surface area contributed by atoms with Crippen molar-refractivity contribution in [1.29, 1.82) is 0 Å². The van der Waals surface area contributed by atoms with Crippen molar-refractivity contribution in [2.75, 3.05) is 6.61 Å². The molecule has 0 bridgehead atoms. The molecule has 14 heteroatoms. The maximum absolute atomic E-state index is 13.7. The van der Waals surface area contributed by atoms with Gasteiger partial charge in [0.05, 0.1) is 12.6 Å². The van der Waals surface area contributed by atoms with Crippen molar-refractivity contribution in [3.63, 3.8) is 0 Å². The summed E-state index contributed by atoms with van der Waals surface area (Å²) in [6.07, 6.45) is -1.93. The molecule has 0 N–H and O–H groups in total. The number of esters is 1. The van der Waals surface area contributed by atoms with Crippen molar-refractivity contribution in [2.24, 2.45) is 0 Å². The third-order valence-electron chi connectivity index (χ3n) is 5.92. The van der Waals surface area contributed by atoms with Gasteiger partial charge in [-0.3, -0.25) is 4.79 Å². The minimum atomic E-state index is -4.33. The Morgan fingerprint density at radius 1 is 1.18 bits per heavy atom. The third-order valence-corrected chi connectivity index (χ3v) is 6.49. The first kappa shape index (κ1) is 27.6. The number of hydrogen-bond donors (Lipinski definition) is 0. The smallest absolute Gasteiger partial charge is 0.340 e. The second-order valence-electron chi connectivity index (χ2n) is 8.49. The topological polar surface area (TPSA) is 86.5 Å². The molecule has 0 saturated carbocycles. The molecule has 0 aliphatic carbocycles. The van der Waals surface area contributed by atoms with Crippen LogP contribution in [0.2, 0.25) is 10.0 Å². The van der Waals surface area contributed by atoms with E-state index in [0.29, 0.717) is 5.02 Å². The van der Waals surface area contributed by atoms with Crippen LogP contribution in [0.1, 0.15) is 28.9 Å². The molecule has 8 nitrogen and oxygen atoms in total. The lowest BCUT2D eigenvalue weighted by Gasteiger charge is -2.43. The predicted molar refractivity (Wildman–Crippen MR) is 128 cm³/mol. The van der Waals surface area contributed by atoms with Gasteiger partial charge in [0.2, 0.25) is 0 Å². The zero-order valence-electron chi connectivity index (χ0n) is 19.6. The number of carbonyl (C=O) groups is 2. The summed E-state index contributed by atoms with van der Waals surface area (Å²) in [4.78, 5) is 32.2. The Kier molecular flexibility index (Phi) is 8.12. The third kappa shape index (κ3) is 5.86. The fourth-order valence-electron chi connectivity index (χ4n) is 3.93. The van der Waals surface area contributed by atoms with Gasteiger partial charge in [-0.15, -0.1) is 0 Å². The molecule has 1 aromatic heterocycles. The average Bonchev–Trinajstić information content (AvgIpc) is 3.38. The first-order valence-electron chi connectivity index (χ1n) is 11.2. The average molecular weight is 575 g/mol. The predicted octanol–water partition coefficient (Wildman–Crippen LogP) is 5.06. The lowest BCUT2D eigenvalue weighted by atomic mass is 9.97. The summed E-state index contributed by atoms with van der Waals surface area (Å²) >= 11 is 12.4. The Balaban J connectivity index is 1.64. The van der Waals surface area contributed by atoms with E-state index in [0.717, 1.165) is 0 Å². The molecule has 1 saturated heterocycles. The number of amides is 1. The van der Waals surface area contributed by atoms with Gasteiger partial charge in [-0.25, -0.2) is 23.2 Å². The van der Waals surface area contributed by atoms with E-state index in [1.807, 2.05) is 0 Å². The largest absolute Gasteiger partial charge is 0.487 e. The molecule has 3 unspecified atom stereocenters. The Bertz CT molecular complexity index is 1300. The lowest BCUT2D eigenvalue weighted by Crippen LogP contribution is -2.57. The number of morpholine rings is 1. The van der Waals surface area contributed by atoms with Crippen LogP contribution in [-0.2, 0) is 16.1 Å². The van der Waals surface area contributed by atoms with Crippen LogP contribution in [0.5, 0.6) is 5.75 Å². The van der Waals surface area contributed by atoms with Crippen LogP contribution in [0, 0.1) is 0 Å². The Morgan fingerprint density at radius 3 is 2.50 bits per heavy atom. The van der Waals surface area contributed by atoms with Crippen LogP contribution in [0.25, 0.3) is 0 Å². The highest BCUT2D eigenvalue weighted by Gasteiger charge is 2.46. The van der Waals surface area contributed by atoms with Gasteiger partial charge in [0.25, 0.3) is 5.91 Å². The number of cyclic esters (lactones) is 1. The second kappa shape index (κ2) is 11.2. The first-order valence-corrected chi connectivity index (χ1v) is 11.9. The quantitative estimate of drug-likeness (QED) is 0.276. The molecule has 3 atom stereocenters. The number of rotatable bonds is 8. The number of aromatic nitrogens is 3. The molecule has 2 aromatic carbocycles.